The van der Waals surface area contributed by atoms with Crippen LogP contribution in [-0.2, 0) is 9.84 Å². The minimum atomic E-state index is -3.33. The van der Waals surface area contributed by atoms with Crippen LogP contribution in [0.4, 0.5) is 0 Å². The van der Waals surface area contributed by atoms with Crippen LogP contribution in [0.3, 0.4) is 0 Å². The Morgan fingerprint density at radius 2 is 1.92 bits per heavy atom. The largest absolute Gasteiger partial charge is 0.386 e. The quantitative estimate of drug-likeness (QED) is 0.650. The second kappa shape index (κ2) is 6.52. The van der Waals surface area contributed by atoms with Gasteiger partial charge in [-0.15, -0.1) is 0 Å². The lowest BCUT2D eigenvalue weighted by Gasteiger charge is -2.11. The summed E-state index contributed by atoms with van der Waals surface area (Å²) in [6.07, 6.45) is -0.0470. The van der Waals surface area contributed by atoms with Gasteiger partial charge in [0.25, 0.3) is 0 Å². The van der Waals surface area contributed by atoms with Gasteiger partial charge in [-0.3, -0.25) is 0 Å². The SMILES string of the molecule is CS(=O)(=O)CC(O)c1[nH]c2cc(Cl)c(Br)cc2c1-c1ccccc1. The molecule has 24 heavy (non-hydrogen) atoms. The van der Waals surface area contributed by atoms with Crippen LogP contribution < -0.4 is 0 Å². The molecule has 0 saturated carbocycles. The standard InChI is InChI=1S/C17H15BrClNO3S/c1-24(22,23)9-15(21)17-16(10-5-3-2-4-6-10)11-7-12(18)13(19)8-14(11)20-17/h2-8,15,20-21H,9H2,1H3. The second-order valence-corrected chi connectivity index (χ2v) is 9.15. The van der Waals surface area contributed by atoms with Crippen LogP contribution in [0.1, 0.15) is 11.8 Å². The van der Waals surface area contributed by atoms with Crippen molar-refractivity contribution in [2.45, 2.75) is 6.10 Å². The van der Waals surface area contributed by atoms with Gasteiger partial charge in [0.1, 0.15) is 15.9 Å². The first-order chi connectivity index (χ1) is 11.3. The minimum absolute atomic E-state index is 0.353. The van der Waals surface area contributed by atoms with E-state index in [1.165, 1.54) is 0 Å². The lowest BCUT2D eigenvalue weighted by atomic mass is 10.00. The second-order valence-electron chi connectivity index (χ2n) is 5.70. The first-order valence-electron chi connectivity index (χ1n) is 7.18. The summed E-state index contributed by atoms with van der Waals surface area (Å²) in [6, 6.07) is 13.1. The predicted octanol–water partition coefficient (Wildman–Crippen LogP) is 4.33. The first-order valence-corrected chi connectivity index (χ1v) is 10.4. The molecule has 1 aromatic heterocycles. The van der Waals surface area contributed by atoms with Crippen LogP contribution in [-0.4, -0.2) is 30.5 Å². The molecule has 0 bridgehead atoms. The third-order valence-corrected chi connectivity index (χ3v) is 5.84. The van der Waals surface area contributed by atoms with Gasteiger partial charge in [0.15, 0.2) is 0 Å². The van der Waals surface area contributed by atoms with E-state index in [0.717, 1.165) is 32.8 Å². The van der Waals surface area contributed by atoms with Gasteiger partial charge in [-0.1, -0.05) is 41.9 Å². The van der Waals surface area contributed by atoms with E-state index >= 15 is 0 Å². The van der Waals surface area contributed by atoms with Gasteiger partial charge < -0.3 is 10.1 Å². The number of H-pyrrole nitrogens is 1. The van der Waals surface area contributed by atoms with Crippen molar-refractivity contribution in [1.29, 1.82) is 0 Å². The number of aliphatic hydroxyl groups is 1. The molecule has 126 valence electrons. The molecule has 2 aromatic carbocycles. The zero-order valence-corrected chi connectivity index (χ0v) is 15.9. The molecule has 1 atom stereocenters. The molecule has 0 aliphatic heterocycles. The number of rotatable bonds is 4. The van der Waals surface area contributed by atoms with Crippen molar-refractivity contribution in [2.75, 3.05) is 12.0 Å². The van der Waals surface area contributed by atoms with E-state index in [0.29, 0.717) is 10.7 Å². The summed E-state index contributed by atoms with van der Waals surface area (Å²) in [4.78, 5) is 3.13. The average molecular weight is 429 g/mol. The van der Waals surface area contributed by atoms with Gasteiger partial charge in [-0.2, -0.15) is 0 Å². The lowest BCUT2D eigenvalue weighted by Crippen LogP contribution is -2.13. The summed E-state index contributed by atoms with van der Waals surface area (Å²) < 4.78 is 23.9. The molecular formula is C17H15BrClNO3S. The van der Waals surface area contributed by atoms with Gasteiger partial charge in [0.05, 0.1) is 16.5 Å². The number of aliphatic hydroxyl groups excluding tert-OH is 1. The highest BCUT2D eigenvalue weighted by molar-refractivity contribution is 9.10. The van der Waals surface area contributed by atoms with Crippen LogP contribution in [0.25, 0.3) is 22.0 Å². The van der Waals surface area contributed by atoms with E-state index < -0.39 is 15.9 Å². The molecule has 0 radical (unpaired) electrons. The summed E-state index contributed by atoms with van der Waals surface area (Å²) in [7, 11) is -3.33. The Morgan fingerprint density at radius 1 is 1.25 bits per heavy atom. The summed E-state index contributed by atoms with van der Waals surface area (Å²) >= 11 is 9.57. The van der Waals surface area contributed by atoms with E-state index in [1.54, 1.807) is 6.07 Å². The van der Waals surface area contributed by atoms with Gasteiger partial charge in [-0.05, 0) is 33.6 Å². The Kier molecular flexibility index (Phi) is 4.75. The van der Waals surface area contributed by atoms with Crippen molar-refractivity contribution >= 4 is 48.3 Å². The third-order valence-electron chi connectivity index (χ3n) is 3.72. The fourth-order valence-corrected chi connectivity index (χ4v) is 3.99. The highest BCUT2D eigenvalue weighted by atomic mass is 79.9. The normalized spacial score (nSPS) is 13.3. The Labute approximate surface area is 153 Å². The van der Waals surface area contributed by atoms with E-state index in [-0.39, 0.29) is 5.75 Å². The molecule has 0 aliphatic rings. The van der Waals surface area contributed by atoms with Crippen LogP contribution >= 0.6 is 27.5 Å². The molecule has 0 amide bonds. The van der Waals surface area contributed by atoms with Crippen molar-refractivity contribution in [3.63, 3.8) is 0 Å². The van der Waals surface area contributed by atoms with Crippen LogP contribution in [0.2, 0.25) is 5.02 Å². The number of aromatic nitrogens is 1. The molecule has 0 saturated heterocycles. The highest BCUT2D eigenvalue weighted by Gasteiger charge is 2.23. The molecule has 0 aliphatic carbocycles. The summed E-state index contributed by atoms with van der Waals surface area (Å²) in [5, 5.41) is 11.9. The molecule has 1 heterocycles. The Bertz CT molecular complexity index is 1000. The number of hydrogen-bond donors (Lipinski definition) is 2. The van der Waals surface area contributed by atoms with E-state index in [9.17, 15) is 13.5 Å². The smallest absolute Gasteiger partial charge is 0.150 e. The maximum Gasteiger partial charge on any atom is 0.150 e. The number of sulfone groups is 1. The van der Waals surface area contributed by atoms with Crippen molar-refractivity contribution in [2.24, 2.45) is 0 Å². The number of aromatic amines is 1. The van der Waals surface area contributed by atoms with E-state index in [4.69, 9.17) is 11.6 Å². The molecular weight excluding hydrogens is 414 g/mol. The maximum atomic E-state index is 11.6. The van der Waals surface area contributed by atoms with Crippen molar-refractivity contribution in [3.8, 4) is 11.1 Å². The van der Waals surface area contributed by atoms with Crippen molar-refractivity contribution in [1.82, 2.24) is 4.98 Å². The average Bonchev–Trinajstić information content (AvgIpc) is 2.85. The van der Waals surface area contributed by atoms with Crippen LogP contribution in [0, 0.1) is 0 Å². The number of fused-ring (bicyclic) bond motifs is 1. The van der Waals surface area contributed by atoms with Gasteiger partial charge in [0.2, 0.25) is 0 Å². The first kappa shape index (κ1) is 17.5. The van der Waals surface area contributed by atoms with Gasteiger partial charge in [0, 0.05) is 27.2 Å². The summed E-state index contributed by atoms with van der Waals surface area (Å²) in [6.45, 7) is 0. The lowest BCUT2D eigenvalue weighted by molar-refractivity contribution is 0.198. The minimum Gasteiger partial charge on any atom is -0.386 e. The third kappa shape index (κ3) is 3.52. The van der Waals surface area contributed by atoms with Crippen molar-refractivity contribution in [3.05, 3.63) is 57.7 Å². The molecule has 3 aromatic rings. The van der Waals surface area contributed by atoms with Gasteiger partial charge >= 0.3 is 0 Å². The Morgan fingerprint density at radius 3 is 2.54 bits per heavy atom. The zero-order chi connectivity index (χ0) is 17.5. The summed E-state index contributed by atoms with van der Waals surface area (Å²) in [5.74, 6) is -0.353. The van der Waals surface area contributed by atoms with Gasteiger partial charge in [-0.25, -0.2) is 8.42 Å². The molecule has 2 N–H and O–H groups in total. The molecule has 7 heteroatoms. The fraction of sp³-hybridized carbons (Fsp3) is 0.176. The number of hydrogen-bond acceptors (Lipinski definition) is 3. The van der Waals surface area contributed by atoms with Crippen molar-refractivity contribution < 1.29 is 13.5 Å². The predicted molar refractivity (Wildman–Crippen MR) is 101 cm³/mol. The molecule has 0 fully saturated rings. The van der Waals surface area contributed by atoms with E-state index in [2.05, 4.69) is 20.9 Å². The number of nitrogens with one attached hydrogen (secondary N) is 1. The van der Waals surface area contributed by atoms with Crippen LogP contribution in [0.15, 0.2) is 46.9 Å². The molecule has 3 rings (SSSR count). The molecule has 1 unspecified atom stereocenters. The number of halogens is 2. The Hall–Kier alpha value is -1.34. The fourth-order valence-electron chi connectivity index (χ4n) is 2.75. The highest BCUT2D eigenvalue weighted by Crippen LogP contribution is 2.39. The zero-order valence-electron chi connectivity index (χ0n) is 12.8. The van der Waals surface area contributed by atoms with E-state index in [1.807, 2.05) is 36.4 Å². The topological polar surface area (TPSA) is 70.2 Å². The van der Waals surface area contributed by atoms with Crippen LogP contribution in [0.5, 0.6) is 0 Å². The molecule has 0 spiro atoms. The Balaban J connectivity index is 2.28. The summed E-state index contributed by atoms with van der Waals surface area (Å²) in [5.41, 5.74) is 2.88. The molecule has 4 nitrogen and oxygen atoms in total. The monoisotopic (exact) mass is 427 g/mol. The number of benzene rings is 2. The maximum absolute atomic E-state index is 11.6.